The summed E-state index contributed by atoms with van der Waals surface area (Å²) in [5.41, 5.74) is 3.97. The summed E-state index contributed by atoms with van der Waals surface area (Å²) in [6.45, 7) is 5.69. The fourth-order valence-corrected chi connectivity index (χ4v) is 2.39. The Kier molecular flexibility index (Phi) is 5.28. The molecule has 2 N–H and O–H groups in total. The lowest BCUT2D eigenvalue weighted by Crippen LogP contribution is -2.30. The van der Waals surface area contributed by atoms with Gasteiger partial charge in [0, 0.05) is 11.3 Å². The van der Waals surface area contributed by atoms with Crippen molar-refractivity contribution in [2.24, 2.45) is 0 Å². The number of aryl methyl sites for hydroxylation is 1. The first kappa shape index (κ1) is 16.2. The molecule has 4 heteroatoms. The van der Waals surface area contributed by atoms with Crippen LogP contribution in [0.4, 0.5) is 5.69 Å². The molecule has 114 valence electrons. The topological polar surface area (TPSA) is 41.1 Å². The highest BCUT2D eigenvalue weighted by Gasteiger charge is 2.07. The fourth-order valence-electron chi connectivity index (χ4n) is 2.09. The summed E-state index contributed by atoms with van der Waals surface area (Å²) in [6, 6.07) is 15.8. The predicted molar refractivity (Wildman–Crippen MR) is 95.4 cm³/mol. The lowest BCUT2D eigenvalue weighted by molar-refractivity contribution is 0.101. The highest BCUT2D eigenvalue weighted by Crippen LogP contribution is 2.14. The Morgan fingerprint density at radius 1 is 1.05 bits per heavy atom. The molecule has 0 aliphatic rings. The lowest BCUT2D eigenvalue weighted by Gasteiger charge is -2.17. The molecule has 1 atom stereocenters. The minimum absolute atomic E-state index is 0.0558. The van der Waals surface area contributed by atoms with Crippen molar-refractivity contribution in [2.75, 3.05) is 5.32 Å². The maximum Gasteiger partial charge on any atom is 0.171 e. The zero-order valence-corrected chi connectivity index (χ0v) is 13.8. The third-order valence-corrected chi connectivity index (χ3v) is 3.69. The Morgan fingerprint density at radius 3 is 2.18 bits per heavy atom. The number of rotatable bonds is 4. The number of hydrogen-bond donors (Lipinski definition) is 2. The monoisotopic (exact) mass is 312 g/mol. The number of hydrogen-bond acceptors (Lipinski definition) is 2. The van der Waals surface area contributed by atoms with Gasteiger partial charge >= 0.3 is 0 Å². The van der Waals surface area contributed by atoms with E-state index in [1.54, 1.807) is 19.1 Å². The van der Waals surface area contributed by atoms with Crippen LogP contribution >= 0.6 is 12.2 Å². The highest BCUT2D eigenvalue weighted by atomic mass is 32.1. The van der Waals surface area contributed by atoms with Gasteiger partial charge in [0.1, 0.15) is 0 Å². The van der Waals surface area contributed by atoms with Gasteiger partial charge in [0.15, 0.2) is 10.9 Å². The van der Waals surface area contributed by atoms with Gasteiger partial charge in [-0.2, -0.15) is 0 Å². The molecule has 0 aliphatic heterocycles. The van der Waals surface area contributed by atoms with Crippen LogP contribution in [0.5, 0.6) is 0 Å². The third kappa shape index (κ3) is 4.40. The van der Waals surface area contributed by atoms with Crippen molar-refractivity contribution in [3.8, 4) is 0 Å². The molecule has 0 bridgehead atoms. The molecule has 0 saturated carbocycles. The summed E-state index contributed by atoms with van der Waals surface area (Å²) in [4.78, 5) is 11.2. The summed E-state index contributed by atoms with van der Waals surface area (Å²) < 4.78 is 0. The molecule has 0 aliphatic carbocycles. The zero-order valence-electron chi connectivity index (χ0n) is 13.0. The first-order valence-electron chi connectivity index (χ1n) is 7.21. The molecular formula is C18H20N2OS. The van der Waals surface area contributed by atoms with Crippen LogP contribution in [0.2, 0.25) is 0 Å². The molecule has 1 unspecified atom stereocenters. The third-order valence-electron chi connectivity index (χ3n) is 3.47. The SMILES string of the molecule is CC(=O)c1ccc(NC(=S)NC(C)c2ccc(C)cc2)cc1. The van der Waals surface area contributed by atoms with Crippen LogP contribution in [0.25, 0.3) is 0 Å². The van der Waals surface area contributed by atoms with Gasteiger partial charge < -0.3 is 10.6 Å². The van der Waals surface area contributed by atoms with Crippen molar-refractivity contribution in [1.82, 2.24) is 5.32 Å². The van der Waals surface area contributed by atoms with Crippen molar-refractivity contribution < 1.29 is 4.79 Å². The molecule has 3 nitrogen and oxygen atoms in total. The van der Waals surface area contributed by atoms with Crippen LogP contribution in [0.15, 0.2) is 48.5 Å². The molecule has 0 saturated heterocycles. The number of ketones is 1. The van der Waals surface area contributed by atoms with Crippen molar-refractivity contribution in [3.05, 3.63) is 65.2 Å². The molecule has 22 heavy (non-hydrogen) atoms. The lowest BCUT2D eigenvalue weighted by atomic mass is 10.1. The number of benzene rings is 2. The maximum absolute atomic E-state index is 11.2. The van der Waals surface area contributed by atoms with Crippen LogP contribution in [0.3, 0.4) is 0 Å². The van der Waals surface area contributed by atoms with Crippen molar-refractivity contribution in [1.29, 1.82) is 0 Å². The Hall–Kier alpha value is -2.20. The average molecular weight is 312 g/mol. The van der Waals surface area contributed by atoms with E-state index < -0.39 is 0 Å². The first-order chi connectivity index (χ1) is 10.5. The largest absolute Gasteiger partial charge is 0.356 e. The summed E-state index contributed by atoms with van der Waals surface area (Å²) >= 11 is 5.33. The normalized spacial score (nSPS) is 11.6. The zero-order chi connectivity index (χ0) is 16.1. The van der Waals surface area contributed by atoms with Gasteiger partial charge in [0.05, 0.1) is 6.04 Å². The Morgan fingerprint density at radius 2 is 1.64 bits per heavy atom. The number of thiocarbonyl (C=S) groups is 1. The smallest absolute Gasteiger partial charge is 0.171 e. The van der Waals surface area contributed by atoms with E-state index in [2.05, 4.69) is 48.7 Å². The minimum atomic E-state index is 0.0558. The van der Waals surface area contributed by atoms with Gasteiger partial charge in [-0.25, -0.2) is 0 Å². The Balaban J connectivity index is 1.94. The van der Waals surface area contributed by atoms with Crippen molar-refractivity contribution in [3.63, 3.8) is 0 Å². The highest BCUT2D eigenvalue weighted by molar-refractivity contribution is 7.80. The van der Waals surface area contributed by atoms with Gasteiger partial charge in [-0.1, -0.05) is 29.8 Å². The number of Topliss-reactive ketones (excluding diaryl/α,β-unsaturated/α-hetero) is 1. The molecule has 0 radical (unpaired) electrons. The van der Waals surface area contributed by atoms with Crippen LogP contribution in [0.1, 0.15) is 41.4 Å². The number of anilines is 1. The van der Waals surface area contributed by atoms with E-state index in [1.165, 1.54) is 11.1 Å². The van der Waals surface area contributed by atoms with E-state index in [-0.39, 0.29) is 11.8 Å². The second-order valence-electron chi connectivity index (χ2n) is 5.36. The van der Waals surface area contributed by atoms with E-state index in [9.17, 15) is 4.79 Å². The van der Waals surface area contributed by atoms with E-state index in [1.807, 2.05) is 12.1 Å². The molecule has 0 aromatic heterocycles. The van der Waals surface area contributed by atoms with E-state index in [0.29, 0.717) is 10.7 Å². The molecule has 2 rings (SSSR count). The summed E-state index contributed by atoms with van der Waals surface area (Å²) in [7, 11) is 0. The maximum atomic E-state index is 11.2. The molecule has 0 spiro atoms. The van der Waals surface area contributed by atoms with E-state index in [4.69, 9.17) is 12.2 Å². The standard InChI is InChI=1S/C18H20N2OS/c1-12-4-6-15(7-5-12)13(2)19-18(22)20-17-10-8-16(9-11-17)14(3)21/h4-11,13H,1-3H3,(H2,19,20,22). The molecule has 2 aromatic carbocycles. The van der Waals surface area contributed by atoms with Gasteiger partial charge in [-0.15, -0.1) is 0 Å². The number of carbonyl (C=O) groups excluding carboxylic acids is 1. The molecule has 0 heterocycles. The van der Waals surface area contributed by atoms with E-state index in [0.717, 1.165) is 5.69 Å². The van der Waals surface area contributed by atoms with Gasteiger partial charge in [-0.3, -0.25) is 4.79 Å². The van der Waals surface area contributed by atoms with Gasteiger partial charge in [0.25, 0.3) is 0 Å². The Labute approximate surface area is 136 Å². The Bertz CT molecular complexity index is 662. The second kappa shape index (κ2) is 7.18. The number of carbonyl (C=O) groups is 1. The molecular weight excluding hydrogens is 292 g/mol. The summed E-state index contributed by atoms with van der Waals surface area (Å²) in [6.07, 6.45) is 0. The average Bonchev–Trinajstić information content (AvgIpc) is 2.48. The van der Waals surface area contributed by atoms with Crippen LogP contribution in [-0.4, -0.2) is 10.9 Å². The molecule has 0 amide bonds. The summed E-state index contributed by atoms with van der Waals surface area (Å²) in [5.74, 6) is 0.0558. The van der Waals surface area contributed by atoms with Crippen LogP contribution in [0, 0.1) is 6.92 Å². The predicted octanol–water partition coefficient (Wildman–Crippen LogP) is 4.25. The quantitative estimate of drug-likeness (QED) is 0.654. The fraction of sp³-hybridized carbons (Fsp3) is 0.222. The molecule has 2 aromatic rings. The van der Waals surface area contributed by atoms with Crippen LogP contribution < -0.4 is 10.6 Å². The van der Waals surface area contributed by atoms with Crippen molar-refractivity contribution in [2.45, 2.75) is 26.8 Å². The van der Waals surface area contributed by atoms with Crippen LogP contribution in [-0.2, 0) is 0 Å². The van der Waals surface area contributed by atoms with E-state index >= 15 is 0 Å². The minimum Gasteiger partial charge on any atom is -0.356 e. The second-order valence-corrected chi connectivity index (χ2v) is 5.77. The summed E-state index contributed by atoms with van der Waals surface area (Å²) in [5, 5.41) is 6.94. The number of nitrogens with one attached hydrogen (secondary N) is 2. The van der Waals surface area contributed by atoms with Gasteiger partial charge in [0.2, 0.25) is 0 Å². The van der Waals surface area contributed by atoms with Gasteiger partial charge in [-0.05, 0) is 62.8 Å². The first-order valence-corrected chi connectivity index (χ1v) is 7.61. The van der Waals surface area contributed by atoms with Crippen molar-refractivity contribution >= 4 is 28.8 Å². The molecule has 0 fully saturated rings.